The van der Waals surface area contributed by atoms with Crippen molar-refractivity contribution in [3.8, 4) is 17.6 Å². The zero-order valence-electron chi connectivity index (χ0n) is 15.7. The maximum Gasteiger partial charge on any atom is 0.331 e. The van der Waals surface area contributed by atoms with Crippen LogP contribution in [0.3, 0.4) is 0 Å². The fourth-order valence-corrected chi connectivity index (χ4v) is 2.75. The minimum atomic E-state index is -0.637. The molecule has 0 bridgehead atoms. The molecule has 7 heteroatoms. The number of para-hydroxylation sites is 1. The molecule has 1 heterocycles. The summed E-state index contributed by atoms with van der Waals surface area (Å²) in [5, 5.41) is 8.81. The summed E-state index contributed by atoms with van der Waals surface area (Å²) in [5.41, 5.74) is 1.40. The molecule has 0 unspecified atom stereocenters. The maximum atomic E-state index is 12.5. The fourth-order valence-electron chi connectivity index (χ4n) is 2.75. The molecule has 0 radical (unpaired) electrons. The average molecular weight is 392 g/mol. The number of hydrogen-bond donors (Lipinski definition) is 0. The standard InChI is InChI=1S/C22H20N2O5/c23-11-4-12-24(18-5-2-1-3-6-18)21(25)16-29-22(26)10-8-17-7-9-19-20(15-17)28-14-13-27-19/h1-3,5-10,15H,4,12-14,16H2/b10-8+. The first-order valence-electron chi connectivity index (χ1n) is 9.14. The molecular weight excluding hydrogens is 372 g/mol. The number of anilines is 1. The van der Waals surface area contributed by atoms with Crippen molar-refractivity contribution in [3.63, 3.8) is 0 Å². The molecular formula is C22H20N2O5. The number of hydrogen-bond acceptors (Lipinski definition) is 6. The first-order valence-corrected chi connectivity index (χ1v) is 9.14. The Morgan fingerprint density at radius 2 is 1.86 bits per heavy atom. The summed E-state index contributed by atoms with van der Waals surface area (Å²) in [5.74, 6) is 0.256. The number of carbonyl (C=O) groups excluding carboxylic acids is 2. The van der Waals surface area contributed by atoms with Crippen molar-refractivity contribution in [1.29, 1.82) is 5.26 Å². The van der Waals surface area contributed by atoms with E-state index < -0.39 is 18.5 Å². The van der Waals surface area contributed by atoms with Gasteiger partial charge in [-0.15, -0.1) is 0 Å². The van der Waals surface area contributed by atoms with Gasteiger partial charge in [0.25, 0.3) is 5.91 Å². The lowest BCUT2D eigenvalue weighted by atomic mass is 10.2. The highest BCUT2D eigenvalue weighted by atomic mass is 16.6. The van der Waals surface area contributed by atoms with Gasteiger partial charge in [0, 0.05) is 18.3 Å². The van der Waals surface area contributed by atoms with E-state index >= 15 is 0 Å². The molecule has 0 saturated carbocycles. The Kier molecular flexibility index (Phi) is 6.85. The summed E-state index contributed by atoms with van der Waals surface area (Å²) in [4.78, 5) is 25.9. The molecule has 0 saturated heterocycles. The Hall–Kier alpha value is -3.79. The summed E-state index contributed by atoms with van der Waals surface area (Å²) >= 11 is 0. The molecule has 0 spiro atoms. The summed E-state index contributed by atoms with van der Waals surface area (Å²) in [6.45, 7) is 0.805. The Bertz CT molecular complexity index is 934. The van der Waals surface area contributed by atoms with Gasteiger partial charge in [0.2, 0.25) is 0 Å². The van der Waals surface area contributed by atoms with Crippen LogP contribution in [0.25, 0.3) is 6.08 Å². The number of carbonyl (C=O) groups is 2. The molecule has 3 rings (SSSR count). The third-order valence-corrected chi connectivity index (χ3v) is 4.13. The number of ether oxygens (including phenoxy) is 3. The zero-order valence-corrected chi connectivity index (χ0v) is 15.7. The van der Waals surface area contributed by atoms with Crippen molar-refractivity contribution in [3.05, 3.63) is 60.2 Å². The van der Waals surface area contributed by atoms with Gasteiger partial charge in [-0.25, -0.2) is 4.79 Å². The number of amides is 1. The van der Waals surface area contributed by atoms with Crippen LogP contribution in [-0.4, -0.2) is 38.2 Å². The van der Waals surface area contributed by atoms with Crippen molar-refractivity contribution in [2.24, 2.45) is 0 Å². The molecule has 0 atom stereocenters. The number of nitrogens with zero attached hydrogens (tertiary/aromatic N) is 2. The highest BCUT2D eigenvalue weighted by Crippen LogP contribution is 2.31. The number of rotatable bonds is 7. The van der Waals surface area contributed by atoms with Crippen LogP contribution in [-0.2, 0) is 14.3 Å². The van der Waals surface area contributed by atoms with Gasteiger partial charge in [0.15, 0.2) is 18.1 Å². The van der Waals surface area contributed by atoms with Gasteiger partial charge in [0.05, 0.1) is 12.5 Å². The van der Waals surface area contributed by atoms with Crippen molar-refractivity contribution < 1.29 is 23.8 Å². The van der Waals surface area contributed by atoms with Crippen LogP contribution < -0.4 is 14.4 Å². The van der Waals surface area contributed by atoms with Gasteiger partial charge in [-0.05, 0) is 35.9 Å². The summed E-state index contributed by atoms with van der Waals surface area (Å²) in [7, 11) is 0. The normalized spacial score (nSPS) is 12.2. The predicted molar refractivity (Wildman–Crippen MR) is 106 cm³/mol. The van der Waals surface area contributed by atoms with E-state index in [1.54, 1.807) is 48.5 Å². The second-order valence-corrected chi connectivity index (χ2v) is 6.13. The van der Waals surface area contributed by atoms with Crippen LogP contribution in [0.2, 0.25) is 0 Å². The van der Waals surface area contributed by atoms with Crippen LogP contribution >= 0.6 is 0 Å². The molecule has 29 heavy (non-hydrogen) atoms. The molecule has 0 N–H and O–H groups in total. The lowest BCUT2D eigenvalue weighted by Crippen LogP contribution is -2.35. The van der Waals surface area contributed by atoms with Crippen LogP contribution in [0.15, 0.2) is 54.6 Å². The minimum Gasteiger partial charge on any atom is -0.486 e. The van der Waals surface area contributed by atoms with Crippen LogP contribution in [0.1, 0.15) is 12.0 Å². The van der Waals surface area contributed by atoms with E-state index in [4.69, 9.17) is 19.5 Å². The largest absolute Gasteiger partial charge is 0.486 e. The number of fused-ring (bicyclic) bond motifs is 1. The van der Waals surface area contributed by atoms with E-state index in [1.807, 2.05) is 12.1 Å². The predicted octanol–water partition coefficient (Wildman–Crippen LogP) is 2.96. The van der Waals surface area contributed by atoms with Gasteiger partial charge >= 0.3 is 5.97 Å². The highest BCUT2D eigenvalue weighted by molar-refractivity contribution is 5.96. The number of esters is 1. The quantitative estimate of drug-likeness (QED) is 0.532. The molecule has 0 aromatic heterocycles. The highest BCUT2D eigenvalue weighted by Gasteiger charge is 2.17. The SMILES string of the molecule is N#CCCN(C(=O)COC(=O)/C=C/c1ccc2c(c1)OCCO2)c1ccccc1. The lowest BCUT2D eigenvalue weighted by molar-refractivity contribution is -0.142. The van der Waals surface area contributed by atoms with Crippen molar-refractivity contribution in [2.45, 2.75) is 6.42 Å². The van der Waals surface area contributed by atoms with Crippen LogP contribution in [0.4, 0.5) is 5.69 Å². The summed E-state index contributed by atoms with van der Waals surface area (Å²) in [6, 6.07) is 16.3. The molecule has 1 amide bonds. The van der Waals surface area contributed by atoms with Crippen molar-refractivity contribution in [1.82, 2.24) is 0 Å². The van der Waals surface area contributed by atoms with Gasteiger partial charge in [-0.3, -0.25) is 4.79 Å². The molecule has 0 aliphatic carbocycles. The Labute approximate surface area is 168 Å². The van der Waals surface area contributed by atoms with E-state index in [0.717, 1.165) is 5.56 Å². The summed E-state index contributed by atoms with van der Waals surface area (Å²) in [6.07, 6.45) is 3.01. The van der Waals surface area contributed by atoms with Gasteiger partial charge < -0.3 is 19.1 Å². The van der Waals surface area contributed by atoms with E-state index in [-0.39, 0.29) is 13.0 Å². The topological polar surface area (TPSA) is 88.9 Å². The third kappa shape index (κ3) is 5.59. The van der Waals surface area contributed by atoms with Crippen LogP contribution in [0.5, 0.6) is 11.5 Å². The zero-order chi connectivity index (χ0) is 20.5. The Morgan fingerprint density at radius 3 is 2.62 bits per heavy atom. The molecule has 1 aliphatic heterocycles. The molecule has 0 fully saturated rings. The first-order chi connectivity index (χ1) is 14.2. The molecule has 7 nitrogen and oxygen atoms in total. The van der Waals surface area contributed by atoms with E-state index in [1.165, 1.54) is 11.0 Å². The summed E-state index contributed by atoms with van der Waals surface area (Å²) < 4.78 is 16.0. The smallest absolute Gasteiger partial charge is 0.331 e. The monoisotopic (exact) mass is 392 g/mol. The van der Waals surface area contributed by atoms with E-state index in [9.17, 15) is 9.59 Å². The van der Waals surface area contributed by atoms with Gasteiger partial charge in [-0.2, -0.15) is 5.26 Å². The van der Waals surface area contributed by atoms with Gasteiger partial charge in [0.1, 0.15) is 13.2 Å². The van der Waals surface area contributed by atoms with Crippen molar-refractivity contribution >= 4 is 23.6 Å². The number of benzene rings is 2. The minimum absolute atomic E-state index is 0.179. The first kappa shape index (κ1) is 20.0. The lowest BCUT2D eigenvalue weighted by Gasteiger charge is -2.21. The number of nitriles is 1. The molecule has 1 aliphatic rings. The third-order valence-electron chi connectivity index (χ3n) is 4.13. The second kappa shape index (κ2) is 9.95. The Balaban J connectivity index is 1.56. The van der Waals surface area contributed by atoms with E-state index in [2.05, 4.69) is 0 Å². The van der Waals surface area contributed by atoms with Gasteiger partial charge in [-0.1, -0.05) is 24.3 Å². The maximum absolute atomic E-state index is 12.5. The molecule has 2 aromatic rings. The average Bonchev–Trinajstić information content (AvgIpc) is 2.77. The fraction of sp³-hybridized carbons (Fsp3) is 0.227. The second-order valence-electron chi connectivity index (χ2n) is 6.13. The molecule has 148 valence electrons. The van der Waals surface area contributed by atoms with E-state index in [0.29, 0.717) is 30.4 Å². The van der Waals surface area contributed by atoms with Crippen LogP contribution in [0, 0.1) is 11.3 Å². The van der Waals surface area contributed by atoms with Crippen molar-refractivity contribution in [2.75, 3.05) is 31.3 Å². The molecule has 2 aromatic carbocycles. The Morgan fingerprint density at radius 1 is 1.10 bits per heavy atom.